The zero-order valence-corrected chi connectivity index (χ0v) is 17.8. The van der Waals surface area contributed by atoms with Crippen molar-refractivity contribution in [3.8, 4) is 11.5 Å². The molecule has 2 aromatic carbocycles. The molecule has 2 unspecified atom stereocenters. The Balaban J connectivity index is 1.36. The van der Waals surface area contributed by atoms with Gasteiger partial charge in [-0.25, -0.2) is 0 Å². The number of amides is 1. The summed E-state index contributed by atoms with van der Waals surface area (Å²) >= 11 is 0. The van der Waals surface area contributed by atoms with Crippen molar-refractivity contribution in [2.45, 2.75) is 51.4 Å². The smallest absolute Gasteiger partial charge is 0.235 e. The van der Waals surface area contributed by atoms with Crippen molar-refractivity contribution in [1.29, 1.82) is 0 Å². The predicted octanol–water partition coefficient (Wildman–Crippen LogP) is 4.38. The van der Waals surface area contributed by atoms with Crippen LogP contribution in [0.4, 0.5) is 5.69 Å². The number of ether oxygens (including phenoxy) is 2. The summed E-state index contributed by atoms with van der Waals surface area (Å²) in [7, 11) is 0. The first-order valence-electron chi connectivity index (χ1n) is 10.8. The fourth-order valence-corrected chi connectivity index (χ4v) is 5.20. The van der Waals surface area contributed by atoms with Gasteiger partial charge in [-0.2, -0.15) is 0 Å². The third-order valence-electron chi connectivity index (χ3n) is 7.46. The highest BCUT2D eigenvalue weighted by atomic mass is 16.7. The van der Waals surface area contributed by atoms with Crippen molar-refractivity contribution >= 4 is 11.6 Å². The molecule has 158 valence electrons. The number of aliphatic hydroxyl groups is 1. The number of hydrogen-bond acceptors (Lipinski definition) is 4. The molecule has 0 saturated heterocycles. The number of benzene rings is 2. The van der Waals surface area contributed by atoms with Gasteiger partial charge in [0.1, 0.15) is 0 Å². The minimum atomic E-state index is -0.479. The zero-order valence-electron chi connectivity index (χ0n) is 17.8. The van der Waals surface area contributed by atoms with Crippen LogP contribution >= 0.6 is 0 Å². The van der Waals surface area contributed by atoms with Gasteiger partial charge < -0.3 is 19.9 Å². The van der Waals surface area contributed by atoms with Gasteiger partial charge in [0, 0.05) is 12.3 Å². The molecule has 30 heavy (non-hydrogen) atoms. The number of carbonyl (C=O) groups is 1. The van der Waals surface area contributed by atoms with Gasteiger partial charge in [-0.1, -0.05) is 32.9 Å². The fraction of sp³-hybridized carbons (Fsp3) is 0.480. The van der Waals surface area contributed by atoms with E-state index < -0.39 is 5.41 Å². The molecule has 1 saturated carbocycles. The summed E-state index contributed by atoms with van der Waals surface area (Å²) in [6.45, 7) is 6.90. The molecule has 0 aromatic heterocycles. The summed E-state index contributed by atoms with van der Waals surface area (Å²) in [5, 5.41) is 13.0. The molecule has 2 N–H and O–H groups in total. The van der Waals surface area contributed by atoms with E-state index in [0.717, 1.165) is 42.0 Å². The molecule has 5 rings (SSSR count). The number of aliphatic hydroxyl groups excluding tert-OH is 1. The molecular formula is C25H29NO4. The fourth-order valence-electron chi connectivity index (χ4n) is 5.20. The van der Waals surface area contributed by atoms with Gasteiger partial charge in [0.15, 0.2) is 11.5 Å². The van der Waals surface area contributed by atoms with E-state index >= 15 is 0 Å². The molecule has 1 amide bonds. The first-order chi connectivity index (χ1) is 14.3. The van der Waals surface area contributed by atoms with Gasteiger partial charge >= 0.3 is 0 Å². The van der Waals surface area contributed by atoms with Gasteiger partial charge in [-0.05, 0) is 77.5 Å². The Morgan fingerprint density at radius 3 is 2.67 bits per heavy atom. The molecule has 5 heteroatoms. The van der Waals surface area contributed by atoms with Crippen LogP contribution in [0.5, 0.6) is 11.5 Å². The molecule has 5 nitrogen and oxygen atoms in total. The number of anilines is 1. The molecule has 1 heterocycles. The molecular weight excluding hydrogens is 378 g/mol. The highest BCUT2D eigenvalue weighted by molar-refractivity contribution is 6.01. The number of rotatable bonds is 5. The molecule has 0 spiro atoms. The number of hydrogen-bond donors (Lipinski definition) is 2. The number of carbonyl (C=O) groups excluding carboxylic acids is 1. The lowest BCUT2D eigenvalue weighted by Gasteiger charge is -2.32. The van der Waals surface area contributed by atoms with E-state index in [1.54, 1.807) is 0 Å². The van der Waals surface area contributed by atoms with Gasteiger partial charge in [0.25, 0.3) is 0 Å². The molecule has 1 aliphatic heterocycles. The first-order valence-corrected chi connectivity index (χ1v) is 10.8. The Morgan fingerprint density at radius 1 is 1.17 bits per heavy atom. The average Bonchev–Trinajstić information content (AvgIpc) is 3.31. The van der Waals surface area contributed by atoms with Crippen LogP contribution in [-0.2, 0) is 16.6 Å². The van der Waals surface area contributed by atoms with Crippen LogP contribution in [-0.4, -0.2) is 24.4 Å². The second-order valence-electron chi connectivity index (χ2n) is 9.76. The largest absolute Gasteiger partial charge is 0.454 e. The third kappa shape index (κ3) is 2.99. The van der Waals surface area contributed by atoms with E-state index in [0.29, 0.717) is 11.8 Å². The Bertz CT molecular complexity index is 1010. The van der Waals surface area contributed by atoms with Crippen molar-refractivity contribution in [2.24, 2.45) is 11.3 Å². The highest BCUT2D eigenvalue weighted by Crippen LogP contribution is 2.51. The summed E-state index contributed by atoms with van der Waals surface area (Å²) in [6, 6.07) is 12.1. The lowest BCUT2D eigenvalue weighted by atomic mass is 9.73. The summed E-state index contributed by atoms with van der Waals surface area (Å²) in [5.74, 6) is 2.24. The van der Waals surface area contributed by atoms with Crippen LogP contribution in [0.15, 0.2) is 36.4 Å². The van der Waals surface area contributed by atoms with E-state index in [4.69, 9.17) is 9.47 Å². The maximum absolute atomic E-state index is 13.2. The second-order valence-corrected chi connectivity index (χ2v) is 9.76. The van der Waals surface area contributed by atoms with Gasteiger partial charge in [0.05, 0.1) is 5.41 Å². The maximum atomic E-state index is 13.2. The standard InChI is InChI=1S/C25H29NO4/c1-15-19-12-18(6-4-16(19)10-20(15)24(2,3)13-27)26-23(28)25(8-9-25)17-5-7-21-22(11-17)30-14-29-21/h4-7,11-12,15,20,27H,8-10,13-14H2,1-3H3,(H,26,28). The SMILES string of the molecule is CC1c2cc(NC(=O)C3(c4ccc5c(c4)OCO5)CC3)ccc2CC1C(C)(C)CO. The summed E-state index contributed by atoms with van der Waals surface area (Å²) in [5.41, 5.74) is 3.84. The number of fused-ring (bicyclic) bond motifs is 2. The number of nitrogens with one attached hydrogen (secondary N) is 1. The van der Waals surface area contributed by atoms with Crippen LogP contribution in [0.25, 0.3) is 0 Å². The molecule has 3 aliphatic rings. The van der Waals surface area contributed by atoms with E-state index in [1.807, 2.05) is 24.3 Å². The minimum absolute atomic E-state index is 0.0409. The zero-order chi connectivity index (χ0) is 21.1. The molecule has 0 bridgehead atoms. The molecule has 2 aromatic rings. The summed E-state index contributed by atoms with van der Waals surface area (Å²) < 4.78 is 10.9. The third-order valence-corrected chi connectivity index (χ3v) is 7.46. The van der Waals surface area contributed by atoms with E-state index in [1.165, 1.54) is 11.1 Å². The van der Waals surface area contributed by atoms with E-state index in [-0.39, 0.29) is 24.7 Å². The van der Waals surface area contributed by atoms with Gasteiger partial charge in [0.2, 0.25) is 12.7 Å². The van der Waals surface area contributed by atoms with E-state index in [9.17, 15) is 9.90 Å². The van der Waals surface area contributed by atoms with Crippen molar-refractivity contribution in [1.82, 2.24) is 0 Å². The topological polar surface area (TPSA) is 67.8 Å². The molecule has 0 radical (unpaired) electrons. The molecule has 2 atom stereocenters. The van der Waals surface area contributed by atoms with Crippen LogP contribution in [0.3, 0.4) is 0 Å². The van der Waals surface area contributed by atoms with Crippen molar-refractivity contribution in [2.75, 3.05) is 18.7 Å². The van der Waals surface area contributed by atoms with Crippen molar-refractivity contribution < 1.29 is 19.4 Å². The Labute approximate surface area is 177 Å². The quantitative estimate of drug-likeness (QED) is 0.772. The van der Waals surface area contributed by atoms with Crippen molar-refractivity contribution in [3.63, 3.8) is 0 Å². The summed E-state index contributed by atoms with van der Waals surface area (Å²) in [4.78, 5) is 13.2. The Hall–Kier alpha value is -2.53. The lowest BCUT2D eigenvalue weighted by molar-refractivity contribution is -0.118. The van der Waals surface area contributed by atoms with Gasteiger partial charge in [-0.3, -0.25) is 4.79 Å². The van der Waals surface area contributed by atoms with Crippen molar-refractivity contribution in [3.05, 3.63) is 53.1 Å². The lowest BCUT2D eigenvalue weighted by Crippen LogP contribution is -2.30. The van der Waals surface area contributed by atoms with Crippen LogP contribution in [0.2, 0.25) is 0 Å². The van der Waals surface area contributed by atoms with Crippen LogP contribution in [0, 0.1) is 11.3 Å². The van der Waals surface area contributed by atoms with E-state index in [2.05, 4.69) is 38.2 Å². The summed E-state index contributed by atoms with van der Waals surface area (Å²) in [6.07, 6.45) is 2.65. The van der Waals surface area contributed by atoms with Crippen LogP contribution < -0.4 is 14.8 Å². The van der Waals surface area contributed by atoms with Gasteiger partial charge in [-0.15, -0.1) is 0 Å². The Morgan fingerprint density at radius 2 is 1.93 bits per heavy atom. The second kappa shape index (κ2) is 6.74. The monoisotopic (exact) mass is 407 g/mol. The predicted molar refractivity (Wildman–Crippen MR) is 115 cm³/mol. The molecule has 1 fully saturated rings. The Kier molecular flexibility index (Phi) is 4.37. The normalized spacial score (nSPS) is 23.2. The highest BCUT2D eigenvalue weighted by Gasteiger charge is 2.51. The van der Waals surface area contributed by atoms with Crippen LogP contribution in [0.1, 0.15) is 56.2 Å². The molecule has 2 aliphatic carbocycles. The minimum Gasteiger partial charge on any atom is -0.454 e. The first kappa shape index (κ1) is 19.4. The average molecular weight is 408 g/mol. The maximum Gasteiger partial charge on any atom is 0.235 e.